The molecule has 3 rings (SSSR count). The van der Waals surface area contributed by atoms with Crippen molar-refractivity contribution in [1.82, 2.24) is 0 Å². The highest BCUT2D eigenvalue weighted by Crippen LogP contribution is 2.28. The van der Waals surface area contributed by atoms with Gasteiger partial charge in [-0.05, 0) is 54.6 Å². The van der Waals surface area contributed by atoms with Gasteiger partial charge in [0.15, 0.2) is 5.76 Å². The van der Waals surface area contributed by atoms with Crippen LogP contribution in [0.5, 0.6) is 5.75 Å². The molecule has 0 aliphatic rings. The number of nitrogens with one attached hydrogen (secondary N) is 1. The van der Waals surface area contributed by atoms with Gasteiger partial charge >= 0.3 is 0 Å². The molecular weight excluding hydrogens is 371 g/mol. The van der Waals surface area contributed by atoms with E-state index < -0.39 is 5.91 Å². The summed E-state index contributed by atoms with van der Waals surface area (Å²) >= 11 is 6.03. The van der Waals surface area contributed by atoms with E-state index in [0.717, 1.165) is 5.69 Å². The number of hydrogen-bond donors (Lipinski definition) is 1. The molecule has 0 atom stereocenters. The average Bonchev–Trinajstić information content (AvgIpc) is 3.10. The highest BCUT2D eigenvalue weighted by molar-refractivity contribution is 6.31. The first-order valence-electron chi connectivity index (χ1n) is 8.17. The van der Waals surface area contributed by atoms with Crippen LogP contribution in [0.4, 0.5) is 15.8 Å². The van der Waals surface area contributed by atoms with Gasteiger partial charge in [0.1, 0.15) is 23.9 Å². The molecule has 0 unspecified atom stereocenters. The van der Waals surface area contributed by atoms with Crippen LogP contribution in [0.2, 0.25) is 5.02 Å². The van der Waals surface area contributed by atoms with E-state index in [1.807, 2.05) is 25.1 Å². The Morgan fingerprint density at radius 1 is 1.15 bits per heavy atom. The number of benzene rings is 2. The lowest BCUT2D eigenvalue weighted by Gasteiger charge is -2.17. The number of ether oxygens (including phenoxy) is 1. The minimum atomic E-state index is -0.395. The summed E-state index contributed by atoms with van der Waals surface area (Å²) in [6.07, 6.45) is 0. The lowest BCUT2D eigenvalue weighted by atomic mass is 10.2. The molecule has 0 saturated carbocycles. The molecule has 1 N–H and O–H groups in total. The molecule has 0 aliphatic carbocycles. The minimum absolute atomic E-state index is 0.124. The number of furan rings is 1. The van der Waals surface area contributed by atoms with Gasteiger partial charge in [-0.2, -0.15) is 0 Å². The molecule has 5 nitrogen and oxygen atoms in total. The first-order valence-corrected chi connectivity index (χ1v) is 8.55. The van der Waals surface area contributed by atoms with Crippen molar-refractivity contribution in [3.05, 3.63) is 77.0 Å². The average molecular weight is 389 g/mol. The molecule has 7 heteroatoms. The number of halogens is 2. The van der Waals surface area contributed by atoms with E-state index in [0.29, 0.717) is 22.2 Å². The van der Waals surface area contributed by atoms with Gasteiger partial charge < -0.3 is 19.4 Å². The predicted octanol–water partition coefficient (Wildman–Crippen LogP) is 4.97. The van der Waals surface area contributed by atoms with Crippen LogP contribution in [0.25, 0.3) is 0 Å². The zero-order chi connectivity index (χ0) is 19.4. The van der Waals surface area contributed by atoms with E-state index in [1.165, 1.54) is 24.3 Å². The number of rotatable bonds is 6. The first-order chi connectivity index (χ1) is 12.9. The Kier molecular flexibility index (Phi) is 5.66. The van der Waals surface area contributed by atoms with Crippen LogP contribution >= 0.6 is 11.6 Å². The molecule has 0 fully saturated rings. The van der Waals surface area contributed by atoms with Gasteiger partial charge in [0.25, 0.3) is 5.91 Å². The lowest BCUT2D eigenvalue weighted by molar-refractivity contribution is 0.0992. The van der Waals surface area contributed by atoms with Gasteiger partial charge in [-0.15, -0.1) is 0 Å². The van der Waals surface area contributed by atoms with Crippen LogP contribution in [0.3, 0.4) is 0 Å². The van der Waals surface area contributed by atoms with Crippen molar-refractivity contribution in [2.75, 3.05) is 24.3 Å². The van der Waals surface area contributed by atoms with Gasteiger partial charge in [0.05, 0.1) is 11.4 Å². The van der Waals surface area contributed by atoms with Gasteiger partial charge in [-0.25, -0.2) is 4.39 Å². The fourth-order valence-electron chi connectivity index (χ4n) is 2.45. The maximum atomic E-state index is 12.9. The van der Waals surface area contributed by atoms with Gasteiger partial charge in [-0.1, -0.05) is 11.6 Å². The second-order valence-electron chi connectivity index (χ2n) is 6.02. The van der Waals surface area contributed by atoms with Crippen molar-refractivity contribution in [2.45, 2.75) is 6.61 Å². The summed E-state index contributed by atoms with van der Waals surface area (Å²) in [5.74, 6) is 0.403. The summed E-state index contributed by atoms with van der Waals surface area (Å²) in [5, 5.41) is 3.32. The molecule has 140 valence electrons. The standard InChI is InChI=1S/C20H18ClFN2O3/c1-24(2)18-9-3-13(21)11-17(18)23-20(25)19-10-8-16(27-19)12-26-15-6-4-14(22)5-7-15/h3-11H,12H2,1-2H3,(H,23,25). The van der Waals surface area contributed by atoms with Gasteiger partial charge in [-0.3, -0.25) is 4.79 Å². The van der Waals surface area contributed by atoms with Crippen molar-refractivity contribution in [2.24, 2.45) is 0 Å². The Morgan fingerprint density at radius 2 is 1.89 bits per heavy atom. The van der Waals surface area contributed by atoms with Crippen molar-refractivity contribution in [1.29, 1.82) is 0 Å². The monoisotopic (exact) mass is 388 g/mol. The van der Waals surface area contributed by atoms with Crippen LogP contribution in [0.15, 0.2) is 59.0 Å². The number of carbonyl (C=O) groups excluding carboxylic acids is 1. The molecule has 27 heavy (non-hydrogen) atoms. The zero-order valence-electron chi connectivity index (χ0n) is 14.8. The van der Waals surface area contributed by atoms with Gasteiger partial charge in [0.2, 0.25) is 0 Å². The predicted molar refractivity (Wildman–Crippen MR) is 103 cm³/mol. The quantitative estimate of drug-likeness (QED) is 0.647. The van der Waals surface area contributed by atoms with Crippen LogP contribution in [-0.4, -0.2) is 20.0 Å². The summed E-state index contributed by atoms with van der Waals surface area (Å²) in [7, 11) is 3.74. The molecule has 1 aromatic heterocycles. The second-order valence-corrected chi connectivity index (χ2v) is 6.46. The smallest absolute Gasteiger partial charge is 0.291 e. The maximum Gasteiger partial charge on any atom is 0.291 e. The van der Waals surface area contributed by atoms with E-state index in [4.69, 9.17) is 20.8 Å². The van der Waals surface area contributed by atoms with Crippen molar-refractivity contribution in [3.63, 3.8) is 0 Å². The third-order valence-electron chi connectivity index (χ3n) is 3.77. The summed E-state index contributed by atoms with van der Waals surface area (Å²) in [4.78, 5) is 14.3. The highest BCUT2D eigenvalue weighted by Gasteiger charge is 2.15. The maximum absolute atomic E-state index is 12.9. The second kappa shape index (κ2) is 8.14. The third kappa shape index (κ3) is 4.80. The molecule has 2 aromatic carbocycles. The fraction of sp³-hybridized carbons (Fsp3) is 0.150. The fourth-order valence-corrected chi connectivity index (χ4v) is 2.62. The van der Waals surface area contributed by atoms with Crippen molar-refractivity contribution in [3.8, 4) is 5.75 Å². The van der Waals surface area contributed by atoms with Gasteiger partial charge in [0, 0.05) is 19.1 Å². The van der Waals surface area contributed by atoms with E-state index in [9.17, 15) is 9.18 Å². The summed E-state index contributed by atoms with van der Waals surface area (Å²) < 4.78 is 23.9. The van der Waals surface area contributed by atoms with Crippen molar-refractivity contribution < 1.29 is 18.3 Å². The van der Waals surface area contributed by atoms with Crippen LogP contribution in [0, 0.1) is 5.82 Å². The summed E-state index contributed by atoms with van der Waals surface area (Å²) in [5.41, 5.74) is 1.40. The molecule has 1 amide bonds. The normalized spacial score (nSPS) is 10.5. The molecule has 0 radical (unpaired) electrons. The highest BCUT2D eigenvalue weighted by atomic mass is 35.5. The number of anilines is 2. The Hall–Kier alpha value is -2.99. The number of amides is 1. The molecule has 0 spiro atoms. The molecule has 0 saturated heterocycles. The summed E-state index contributed by atoms with van der Waals surface area (Å²) in [6.45, 7) is 0.124. The Labute approximate surface area is 161 Å². The Morgan fingerprint density at radius 3 is 2.59 bits per heavy atom. The number of nitrogens with zero attached hydrogens (tertiary/aromatic N) is 1. The molecule has 0 aliphatic heterocycles. The molecule has 3 aromatic rings. The van der Waals surface area contributed by atoms with Crippen LogP contribution < -0.4 is 15.0 Å². The van der Waals surface area contributed by atoms with E-state index in [-0.39, 0.29) is 18.2 Å². The lowest BCUT2D eigenvalue weighted by Crippen LogP contribution is -2.16. The van der Waals surface area contributed by atoms with E-state index >= 15 is 0 Å². The SMILES string of the molecule is CN(C)c1ccc(Cl)cc1NC(=O)c1ccc(COc2ccc(F)cc2)o1. The first kappa shape index (κ1) is 18.8. The van der Waals surface area contributed by atoms with Crippen LogP contribution in [-0.2, 0) is 6.61 Å². The largest absolute Gasteiger partial charge is 0.486 e. The zero-order valence-corrected chi connectivity index (χ0v) is 15.6. The number of carbonyl (C=O) groups is 1. The Balaban J connectivity index is 1.66. The topological polar surface area (TPSA) is 54.7 Å². The molecular formula is C20H18ClFN2O3. The van der Waals surface area contributed by atoms with Crippen molar-refractivity contribution >= 4 is 28.9 Å². The summed E-state index contributed by atoms with van der Waals surface area (Å²) in [6, 6.07) is 14.1. The molecule has 1 heterocycles. The minimum Gasteiger partial charge on any atom is -0.486 e. The third-order valence-corrected chi connectivity index (χ3v) is 4.00. The van der Waals surface area contributed by atoms with E-state index in [2.05, 4.69) is 5.32 Å². The molecule has 0 bridgehead atoms. The van der Waals surface area contributed by atoms with E-state index in [1.54, 1.807) is 24.3 Å². The number of hydrogen-bond acceptors (Lipinski definition) is 4. The van der Waals surface area contributed by atoms with Crippen LogP contribution in [0.1, 0.15) is 16.3 Å². The Bertz CT molecular complexity index is 939.